The van der Waals surface area contributed by atoms with Gasteiger partial charge in [-0.15, -0.1) is 0 Å². The molecule has 5 rings (SSSR count). The number of unbranched alkanes of at least 4 members (excludes halogenated alkanes) is 1. The van der Waals surface area contributed by atoms with Crippen molar-refractivity contribution in [1.29, 1.82) is 0 Å². The lowest BCUT2D eigenvalue weighted by Gasteiger charge is -2.51. The fourth-order valence-corrected chi connectivity index (χ4v) is 5.09. The molecule has 1 N–H and O–H groups in total. The molecule has 1 atom stereocenters. The predicted octanol–water partition coefficient (Wildman–Crippen LogP) is 5.90. The van der Waals surface area contributed by atoms with E-state index in [1.165, 1.54) is 24.2 Å². The monoisotopic (exact) mass is 419 g/mol. The highest BCUT2D eigenvalue weighted by atomic mass is 16.6. The Bertz CT molecular complexity index is 885. The number of carbonyl (C=O) groups excluding carboxylic acids is 1. The van der Waals surface area contributed by atoms with Gasteiger partial charge in [-0.05, 0) is 36.1 Å². The number of aryl methyl sites for hydroxylation is 1. The molecule has 0 unspecified atom stereocenters. The second-order valence-corrected chi connectivity index (χ2v) is 9.13. The molecule has 3 aliphatic rings. The Hall–Kier alpha value is -2.59. The first-order valence-corrected chi connectivity index (χ1v) is 11.8. The van der Waals surface area contributed by atoms with Crippen molar-refractivity contribution in [3.05, 3.63) is 71.8 Å². The summed E-state index contributed by atoms with van der Waals surface area (Å²) >= 11 is 0. The summed E-state index contributed by atoms with van der Waals surface area (Å²) in [6.45, 7) is 6.49. The Kier molecular flexibility index (Phi) is 7.08. The summed E-state index contributed by atoms with van der Waals surface area (Å²) in [4.78, 5) is 12.7. The third-order valence-corrected chi connectivity index (χ3v) is 6.96. The minimum absolute atomic E-state index is 0.00966. The van der Waals surface area contributed by atoms with E-state index in [0.29, 0.717) is 5.92 Å². The highest BCUT2D eigenvalue weighted by Crippen LogP contribution is 2.35. The zero-order valence-corrected chi connectivity index (χ0v) is 18.6. The fourth-order valence-electron chi connectivity index (χ4n) is 5.09. The molecule has 0 saturated carbocycles. The molecule has 31 heavy (non-hydrogen) atoms. The van der Waals surface area contributed by atoms with E-state index in [9.17, 15) is 4.79 Å². The predicted molar refractivity (Wildman–Crippen MR) is 127 cm³/mol. The maximum atomic E-state index is 12.7. The van der Waals surface area contributed by atoms with Gasteiger partial charge in [0.25, 0.3) is 0 Å². The van der Waals surface area contributed by atoms with Crippen LogP contribution in [-0.4, -0.2) is 42.9 Å². The maximum Gasteiger partial charge on any atom is 0.412 e. The number of quaternary nitrogens is 1. The third kappa shape index (κ3) is 5.56. The zero-order chi connectivity index (χ0) is 21.5. The topological polar surface area (TPSA) is 38.3 Å². The van der Waals surface area contributed by atoms with Crippen LogP contribution in [0.3, 0.4) is 0 Å². The summed E-state index contributed by atoms with van der Waals surface area (Å²) in [7, 11) is 0. The molecule has 2 aromatic carbocycles. The number of piperidine rings is 3. The first kappa shape index (κ1) is 21.6. The average molecular weight is 420 g/mol. The average Bonchev–Trinajstić information content (AvgIpc) is 2.80. The second kappa shape index (κ2) is 10.1. The van der Waals surface area contributed by atoms with Crippen LogP contribution < -0.4 is 5.32 Å². The van der Waals surface area contributed by atoms with Crippen molar-refractivity contribution in [3.8, 4) is 0 Å². The van der Waals surface area contributed by atoms with Gasteiger partial charge in [0, 0.05) is 24.4 Å². The third-order valence-electron chi connectivity index (χ3n) is 6.96. The second-order valence-electron chi connectivity index (χ2n) is 9.13. The lowest BCUT2D eigenvalue weighted by molar-refractivity contribution is -0.941. The number of benzene rings is 2. The van der Waals surface area contributed by atoms with Gasteiger partial charge in [0.15, 0.2) is 6.10 Å². The molecule has 164 valence electrons. The van der Waals surface area contributed by atoms with E-state index in [1.807, 2.05) is 24.3 Å². The molecule has 1 amide bonds. The molecule has 0 radical (unpaired) electrons. The summed E-state index contributed by atoms with van der Waals surface area (Å²) in [5.74, 6) is 0.499. The Balaban J connectivity index is 1.35. The van der Waals surface area contributed by atoms with Crippen LogP contribution in [-0.2, 0) is 11.2 Å². The highest BCUT2D eigenvalue weighted by molar-refractivity contribution is 5.85. The van der Waals surface area contributed by atoms with E-state index in [-0.39, 0.29) is 12.2 Å². The van der Waals surface area contributed by atoms with Crippen LogP contribution in [0.4, 0.5) is 10.5 Å². The molecule has 3 heterocycles. The standard InChI is InChI=1S/C27H34N2O2/c1-2-3-13-23-14-7-8-15-25(23)28-27(30)31-26-21-29(19-16-24(26)17-20-29)18-9-12-22-10-5-4-6-11-22/h4-12,14-15,24,26H,2-3,13,16-21H2,1H3/p+1/t24?,26-,29?/m0/s1. The number of nitrogens with zero attached hydrogens (tertiary/aromatic N) is 1. The number of nitrogens with one attached hydrogen (secondary N) is 1. The minimum atomic E-state index is -0.305. The van der Waals surface area contributed by atoms with Crippen LogP contribution in [0.5, 0.6) is 0 Å². The number of para-hydroxylation sites is 1. The first-order chi connectivity index (χ1) is 15.2. The Morgan fingerprint density at radius 3 is 2.61 bits per heavy atom. The van der Waals surface area contributed by atoms with E-state index in [4.69, 9.17) is 4.74 Å². The minimum Gasteiger partial charge on any atom is -0.440 e. The fraction of sp³-hybridized carbons (Fsp3) is 0.444. The van der Waals surface area contributed by atoms with Crippen molar-refractivity contribution in [2.45, 2.75) is 45.1 Å². The highest BCUT2D eigenvalue weighted by Gasteiger charge is 2.47. The van der Waals surface area contributed by atoms with Crippen molar-refractivity contribution in [2.75, 3.05) is 31.5 Å². The molecule has 0 aromatic heterocycles. The van der Waals surface area contributed by atoms with Crippen LogP contribution in [0.1, 0.15) is 43.7 Å². The molecular weight excluding hydrogens is 384 g/mol. The van der Waals surface area contributed by atoms with Gasteiger partial charge in [0.05, 0.1) is 19.6 Å². The Morgan fingerprint density at radius 2 is 1.84 bits per heavy atom. The van der Waals surface area contributed by atoms with Gasteiger partial charge in [-0.1, -0.05) is 68.0 Å². The SMILES string of the molecule is CCCCc1ccccc1NC(=O)O[C@H]1C[N+]2(CC=Cc3ccccc3)CCC1CC2. The van der Waals surface area contributed by atoms with Crippen molar-refractivity contribution >= 4 is 17.9 Å². The number of anilines is 1. The molecule has 0 spiro atoms. The molecule has 4 heteroatoms. The number of fused-ring (bicyclic) bond motifs is 3. The zero-order valence-electron chi connectivity index (χ0n) is 18.6. The van der Waals surface area contributed by atoms with Gasteiger partial charge in [-0.25, -0.2) is 4.79 Å². The van der Waals surface area contributed by atoms with Crippen molar-refractivity contribution in [2.24, 2.45) is 5.92 Å². The first-order valence-electron chi connectivity index (χ1n) is 11.8. The molecule has 4 nitrogen and oxygen atoms in total. The van der Waals surface area contributed by atoms with Crippen LogP contribution in [0.25, 0.3) is 6.08 Å². The summed E-state index contributed by atoms with van der Waals surface area (Å²) in [6.07, 6.45) is 9.74. The number of amides is 1. The molecular formula is C27H35N2O2+. The largest absolute Gasteiger partial charge is 0.440 e. The van der Waals surface area contributed by atoms with Crippen LogP contribution in [0.2, 0.25) is 0 Å². The van der Waals surface area contributed by atoms with Gasteiger partial charge in [-0.3, -0.25) is 5.32 Å². The van der Waals surface area contributed by atoms with E-state index in [2.05, 4.69) is 54.7 Å². The number of hydrogen-bond acceptors (Lipinski definition) is 2. The van der Waals surface area contributed by atoms with Gasteiger partial charge < -0.3 is 9.22 Å². The van der Waals surface area contributed by atoms with Crippen molar-refractivity contribution in [3.63, 3.8) is 0 Å². The molecule has 3 saturated heterocycles. The summed E-state index contributed by atoms with van der Waals surface area (Å²) in [5.41, 5.74) is 3.31. The van der Waals surface area contributed by atoms with Gasteiger partial charge in [0.2, 0.25) is 0 Å². The Labute approximate surface area is 186 Å². The van der Waals surface area contributed by atoms with E-state index < -0.39 is 0 Å². The molecule has 2 bridgehead atoms. The number of hydrogen-bond donors (Lipinski definition) is 1. The van der Waals surface area contributed by atoms with E-state index >= 15 is 0 Å². The lowest BCUT2D eigenvalue weighted by atomic mass is 9.83. The van der Waals surface area contributed by atoms with Crippen molar-refractivity contribution < 1.29 is 14.0 Å². The smallest absolute Gasteiger partial charge is 0.412 e. The lowest BCUT2D eigenvalue weighted by Crippen LogP contribution is -2.64. The van der Waals surface area contributed by atoms with Crippen molar-refractivity contribution in [1.82, 2.24) is 0 Å². The van der Waals surface area contributed by atoms with E-state index in [1.54, 1.807) is 0 Å². The van der Waals surface area contributed by atoms with Crippen LogP contribution >= 0.6 is 0 Å². The van der Waals surface area contributed by atoms with Gasteiger partial charge in [0.1, 0.15) is 6.54 Å². The van der Waals surface area contributed by atoms with Crippen LogP contribution in [0.15, 0.2) is 60.7 Å². The Morgan fingerprint density at radius 1 is 1.10 bits per heavy atom. The quantitative estimate of drug-likeness (QED) is 0.541. The molecule has 3 fully saturated rings. The van der Waals surface area contributed by atoms with Crippen LogP contribution in [0, 0.1) is 5.92 Å². The summed E-state index contributed by atoms with van der Waals surface area (Å²) in [5, 5.41) is 3.02. The van der Waals surface area contributed by atoms with Gasteiger partial charge >= 0.3 is 6.09 Å². The maximum absolute atomic E-state index is 12.7. The number of ether oxygens (including phenoxy) is 1. The normalized spacial score (nSPS) is 24.9. The number of carbonyl (C=O) groups is 1. The van der Waals surface area contributed by atoms with E-state index in [0.717, 1.165) is 55.4 Å². The molecule has 2 aromatic rings. The number of rotatable bonds is 8. The molecule has 3 aliphatic heterocycles. The summed E-state index contributed by atoms with van der Waals surface area (Å²) in [6, 6.07) is 18.5. The molecule has 0 aliphatic carbocycles. The summed E-state index contributed by atoms with van der Waals surface area (Å²) < 4.78 is 7.02. The van der Waals surface area contributed by atoms with Gasteiger partial charge in [-0.2, -0.15) is 0 Å².